The molecule has 0 saturated carbocycles. The van der Waals surface area contributed by atoms with E-state index in [-0.39, 0.29) is 18.8 Å². The predicted octanol–water partition coefficient (Wildman–Crippen LogP) is 2.87. The first-order valence-corrected chi connectivity index (χ1v) is 6.15. The van der Waals surface area contributed by atoms with Gasteiger partial charge in [0.1, 0.15) is 6.61 Å². The number of rotatable bonds is 8. The van der Waals surface area contributed by atoms with Crippen LogP contribution in [0.25, 0.3) is 6.08 Å². The number of carboxylic acid groups (broad SMARTS) is 1. The molecule has 0 saturated heterocycles. The molecule has 1 aromatic rings. The van der Waals surface area contributed by atoms with Crippen LogP contribution in [0.5, 0.6) is 5.75 Å². The lowest BCUT2D eigenvalue weighted by atomic mass is 10.2. The number of aliphatic carboxylic acids is 1. The fourth-order valence-corrected chi connectivity index (χ4v) is 1.43. The molecular weight excluding hydrogens is 270 g/mol. The summed E-state index contributed by atoms with van der Waals surface area (Å²) >= 11 is 0. The first kappa shape index (κ1) is 16.1. The number of benzene rings is 1. The topological polar surface area (TPSA) is 55.8 Å². The number of carbonyl (C=O) groups is 1. The lowest BCUT2D eigenvalue weighted by Gasteiger charge is -2.09. The molecule has 110 valence electrons. The molecule has 0 atom stereocenters. The Morgan fingerprint density at radius 3 is 2.45 bits per heavy atom. The fraction of sp³-hybridized carbons (Fsp3) is 0.357. The molecule has 0 aliphatic carbocycles. The molecule has 0 aliphatic heterocycles. The van der Waals surface area contributed by atoms with E-state index in [4.69, 9.17) is 14.6 Å². The normalized spacial score (nSPS) is 10.9. The summed E-state index contributed by atoms with van der Waals surface area (Å²) in [5.41, 5.74) is 0.108. The van der Waals surface area contributed by atoms with Gasteiger partial charge in [0.25, 0.3) is 0 Å². The van der Waals surface area contributed by atoms with Crippen LogP contribution < -0.4 is 4.74 Å². The summed E-state index contributed by atoms with van der Waals surface area (Å²) in [6.45, 7) is 2.79. The van der Waals surface area contributed by atoms with Crippen molar-refractivity contribution in [2.75, 3.05) is 19.8 Å². The standard InChI is InChI=1S/C14H16F2O4/c1-2-5-19-6-7-20-14-11(15)8-10(9-12(14)16)3-4-13(17)18/h3-4,8-9H,2,5-7H2,1H3,(H,17,18)/b4-3+. The monoisotopic (exact) mass is 286 g/mol. The van der Waals surface area contributed by atoms with Crippen LogP contribution in [-0.2, 0) is 9.53 Å². The highest BCUT2D eigenvalue weighted by Gasteiger charge is 2.11. The number of hydrogen-bond acceptors (Lipinski definition) is 3. The SMILES string of the molecule is CCCOCCOc1c(F)cc(/C=C/C(=O)O)cc1F. The van der Waals surface area contributed by atoms with Gasteiger partial charge < -0.3 is 14.6 Å². The molecule has 0 spiro atoms. The van der Waals surface area contributed by atoms with Gasteiger partial charge in [-0.15, -0.1) is 0 Å². The number of halogens is 2. The van der Waals surface area contributed by atoms with Crippen molar-refractivity contribution >= 4 is 12.0 Å². The third-order valence-corrected chi connectivity index (χ3v) is 2.26. The van der Waals surface area contributed by atoms with Gasteiger partial charge in [-0.05, 0) is 30.2 Å². The average molecular weight is 286 g/mol. The van der Waals surface area contributed by atoms with Gasteiger partial charge in [-0.25, -0.2) is 13.6 Å². The Bertz CT molecular complexity index is 463. The van der Waals surface area contributed by atoms with Crippen molar-refractivity contribution in [3.8, 4) is 5.75 Å². The molecule has 0 heterocycles. The zero-order chi connectivity index (χ0) is 15.0. The third kappa shape index (κ3) is 5.36. The molecule has 0 radical (unpaired) electrons. The van der Waals surface area contributed by atoms with E-state index in [1.165, 1.54) is 0 Å². The maximum Gasteiger partial charge on any atom is 0.328 e. The van der Waals surface area contributed by atoms with Gasteiger partial charge in [0, 0.05) is 12.7 Å². The molecule has 0 bridgehead atoms. The van der Waals surface area contributed by atoms with E-state index in [0.717, 1.165) is 30.7 Å². The Morgan fingerprint density at radius 1 is 1.25 bits per heavy atom. The second-order valence-corrected chi connectivity index (χ2v) is 3.95. The predicted molar refractivity (Wildman–Crippen MR) is 69.6 cm³/mol. The maximum absolute atomic E-state index is 13.6. The highest BCUT2D eigenvalue weighted by molar-refractivity contribution is 5.85. The van der Waals surface area contributed by atoms with E-state index in [1.54, 1.807) is 0 Å². The molecule has 0 unspecified atom stereocenters. The van der Waals surface area contributed by atoms with Gasteiger partial charge in [-0.3, -0.25) is 0 Å². The summed E-state index contributed by atoms with van der Waals surface area (Å²) < 4.78 is 37.4. The Hall–Kier alpha value is -1.95. The zero-order valence-electron chi connectivity index (χ0n) is 11.1. The summed E-state index contributed by atoms with van der Waals surface area (Å²) in [5, 5.41) is 8.44. The minimum atomic E-state index is -1.20. The van der Waals surface area contributed by atoms with Crippen LogP contribution in [0.15, 0.2) is 18.2 Å². The molecule has 1 rings (SSSR count). The van der Waals surface area contributed by atoms with Crippen molar-refractivity contribution in [2.45, 2.75) is 13.3 Å². The van der Waals surface area contributed by atoms with Crippen LogP contribution in [0, 0.1) is 11.6 Å². The van der Waals surface area contributed by atoms with Crippen LogP contribution in [0.2, 0.25) is 0 Å². The third-order valence-electron chi connectivity index (χ3n) is 2.26. The Labute approximate surface area is 115 Å². The van der Waals surface area contributed by atoms with Crippen molar-refractivity contribution in [1.82, 2.24) is 0 Å². The van der Waals surface area contributed by atoms with E-state index < -0.39 is 23.4 Å². The van der Waals surface area contributed by atoms with Gasteiger partial charge in [0.2, 0.25) is 0 Å². The molecule has 0 aliphatic rings. The smallest absolute Gasteiger partial charge is 0.328 e. The quantitative estimate of drug-likeness (QED) is 0.589. The van der Waals surface area contributed by atoms with Crippen molar-refractivity contribution in [2.24, 2.45) is 0 Å². The summed E-state index contributed by atoms with van der Waals surface area (Å²) in [6.07, 6.45) is 2.75. The zero-order valence-corrected chi connectivity index (χ0v) is 11.1. The van der Waals surface area contributed by atoms with Crippen molar-refractivity contribution in [3.05, 3.63) is 35.4 Å². The molecule has 0 fully saturated rings. The molecule has 1 N–H and O–H groups in total. The molecule has 6 heteroatoms. The van der Waals surface area contributed by atoms with E-state index in [1.807, 2.05) is 6.92 Å². The van der Waals surface area contributed by atoms with Crippen LogP contribution >= 0.6 is 0 Å². The number of hydrogen-bond donors (Lipinski definition) is 1. The van der Waals surface area contributed by atoms with Crippen LogP contribution in [0.4, 0.5) is 8.78 Å². The van der Waals surface area contributed by atoms with Gasteiger partial charge >= 0.3 is 5.97 Å². The minimum Gasteiger partial charge on any atom is -0.485 e. The van der Waals surface area contributed by atoms with Gasteiger partial charge in [0.05, 0.1) is 6.61 Å². The van der Waals surface area contributed by atoms with Gasteiger partial charge in [-0.1, -0.05) is 6.92 Å². The lowest BCUT2D eigenvalue weighted by Crippen LogP contribution is -2.09. The lowest BCUT2D eigenvalue weighted by molar-refractivity contribution is -0.131. The summed E-state index contributed by atoms with van der Waals surface area (Å²) in [4.78, 5) is 10.3. The van der Waals surface area contributed by atoms with E-state index >= 15 is 0 Å². The fourth-order valence-electron chi connectivity index (χ4n) is 1.43. The second-order valence-electron chi connectivity index (χ2n) is 3.95. The van der Waals surface area contributed by atoms with Gasteiger partial charge in [-0.2, -0.15) is 0 Å². The Kier molecular flexibility index (Phi) is 6.66. The molecular formula is C14H16F2O4. The largest absolute Gasteiger partial charge is 0.485 e. The first-order valence-electron chi connectivity index (χ1n) is 6.15. The first-order chi connectivity index (χ1) is 9.54. The molecule has 20 heavy (non-hydrogen) atoms. The molecule has 1 aromatic carbocycles. The molecule has 0 amide bonds. The van der Waals surface area contributed by atoms with Crippen molar-refractivity contribution in [1.29, 1.82) is 0 Å². The van der Waals surface area contributed by atoms with Crippen LogP contribution in [0.3, 0.4) is 0 Å². The van der Waals surface area contributed by atoms with E-state index in [2.05, 4.69) is 0 Å². The molecule has 0 aromatic heterocycles. The Morgan fingerprint density at radius 2 is 1.90 bits per heavy atom. The maximum atomic E-state index is 13.6. The van der Waals surface area contributed by atoms with E-state index in [0.29, 0.717) is 6.61 Å². The number of carboxylic acids is 1. The highest BCUT2D eigenvalue weighted by Crippen LogP contribution is 2.23. The highest BCUT2D eigenvalue weighted by atomic mass is 19.1. The average Bonchev–Trinajstić information content (AvgIpc) is 2.38. The van der Waals surface area contributed by atoms with Gasteiger partial charge in [0.15, 0.2) is 17.4 Å². The minimum absolute atomic E-state index is 0.0398. The van der Waals surface area contributed by atoms with Crippen molar-refractivity contribution in [3.63, 3.8) is 0 Å². The number of ether oxygens (including phenoxy) is 2. The van der Waals surface area contributed by atoms with E-state index in [9.17, 15) is 13.6 Å². The van der Waals surface area contributed by atoms with Crippen LogP contribution in [-0.4, -0.2) is 30.9 Å². The van der Waals surface area contributed by atoms with Crippen LogP contribution in [0.1, 0.15) is 18.9 Å². The van der Waals surface area contributed by atoms with Crippen molar-refractivity contribution < 1.29 is 28.2 Å². The summed E-state index contributed by atoms with van der Waals surface area (Å²) in [7, 11) is 0. The summed E-state index contributed by atoms with van der Waals surface area (Å²) in [5.74, 6) is -3.45. The second kappa shape index (κ2) is 8.27. The Balaban J connectivity index is 2.66. The molecule has 4 nitrogen and oxygen atoms in total. The summed E-state index contributed by atoms with van der Waals surface area (Å²) in [6, 6.07) is 2.01.